The summed E-state index contributed by atoms with van der Waals surface area (Å²) >= 11 is 0. The van der Waals surface area contributed by atoms with E-state index in [1.807, 2.05) is 86.6 Å². The third kappa shape index (κ3) is 3.12. The molecular formula is C26H22N4O2. The first-order valence-corrected chi connectivity index (χ1v) is 10.5. The Morgan fingerprint density at radius 3 is 2.38 bits per heavy atom. The number of para-hydroxylation sites is 1. The van der Waals surface area contributed by atoms with Crippen LogP contribution in [0.25, 0.3) is 27.9 Å². The molecule has 0 unspecified atom stereocenters. The number of aromatic nitrogens is 4. The molecule has 2 aromatic heterocycles. The lowest BCUT2D eigenvalue weighted by Crippen LogP contribution is -2.33. The van der Waals surface area contributed by atoms with E-state index in [-0.39, 0.29) is 5.78 Å². The summed E-state index contributed by atoms with van der Waals surface area (Å²) in [4.78, 5) is 31.6. The average Bonchev–Trinajstić information content (AvgIpc) is 3.27. The largest absolute Gasteiger partial charge is 0.351 e. The van der Waals surface area contributed by atoms with E-state index in [4.69, 9.17) is 0 Å². The van der Waals surface area contributed by atoms with Crippen LogP contribution in [0.2, 0.25) is 0 Å². The lowest BCUT2D eigenvalue weighted by molar-refractivity contribution is 0.0934. The maximum atomic E-state index is 13.6. The normalized spacial score (nSPS) is 12.3. The molecular weight excluding hydrogens is 400 g/mol. The van der Waals surface area contributed by atoms with Gasteiger partial charge in [-0.2, -0.15) is 4.52 Å². The third-order valence-electron chi connectivity index (χ3n) is 5.99. The molecule has 0 N–H and O–H groups in total. The fourth-order valence-corrected chi connectivity index (χ4v) is 4.03. The van der Waals surface area contributed by atoms with Crippen LogP contribution in [0, 0.1) is 13.8 Å². The van der Waals surface area contributed by atoms with Crippen molar-refractivity contribution in [1.82, 2.24) is 19.2 Å². The lowest BCUT2D eigenvalue weighted by atomic mass is 10.00. The molecule has 0 saturated carbocycles. The molecule has 0 aliphatic carbocycles. The number of hydrogen-bond acceptors (Lipinski definition) is 4. The minimum Gasteiger partial charge on any atom is -0.292 e. The molecule has 158 valence electrons. The van der Waals surface area contributed by atoms with E-state index in [2.05, 4.69) is 10.1 Å². The van der Waals surface area contributed by atoms with E-state index in [9.17, 15) is 9.59 Å². The smallest absolute Gasteiger partial charge is 0.292 e. The van der Waals surface area contributed by atoms with Crippen molar-refractivity contribution in [1.29, 1.82) is 0 Å². The van der Waals surface area contributed by atoms with Gasteiger partial charge in [-0.05, 0) is 50.1 Å². The summed E-state index contributed by atoms with van der Waals surface area (Å²) in [7, 11) is 0. The van der Waals surface area contributed by atoms with Gasteiger partial charge in [0.15, 0.2) is 17.3 Å². The highest BCUT2D eigenvalue weighted by Crippen LogP contribution is 2.24. The second kappa shape index (κ2) is 7.57. The number of hydrogen-bond donors (Lipinski definition) is 0. The van der Waals surface area contributed by atoms with Crippen LogP contribution in [0.4, 0.5) is 0 Å². The molecule has 0 spiro atoms. The molecule has 0 radical (unpaired) electrons. The second-order valence-corrected chi connectivity index (χ2v) is 8.05. The lowest BCUT2D eigenvalue weighted by Gasteiger charge is -2.17. The summed E-state index contributed by atoms with van der Waals surface area (Å²) < 4.78 is 2.82. The highest BCUT2D eigenvalue weighted by molar-refractivity contribution is 6.00. The van der Waals surface area contributed by atoms with Gasteiger partial charge in [-0.15, -0.1) is 5.10 Å². The highest BCUT2D eigenvalue weighted by atomic mass is 16.2. The van der Waals surface area contributed by atoms with Gasteiger partial charge in [-0.1, -0.05) is 54.6 Å². The summed E-state index contributed by atoms with van der Waals surface area (Å²) in [6.07, 6.45) is 0. The van der Waals surface area contributed by atoms with Crippen LogP contribution in [0.3, 0.4) is 0 Å². The first kappa shape index (κ1) is 19.9. The van der Waals surface area contributed by atoms with Crippen LogP contribution in [-0.4, -0.2) is 24.9 Å². The van der Waals surface area contributed by atoms with Crippen molar-refractivity contribution in [2.24, 2.45) is 0 Å². The Balaban J connectivity index is 1.73. The molecule has 0 saturated heterocycles. The maximum Gasteiger partial charge on any atom is 0.351 e. The zero-order valence-electron chi connectivity index (χ0n) is 18.1. The Labute approximate surface area is 184 Å². The molecule has 0 aliphatic rings. The zero-order valence-corrected chi connectivity index (χ0v) is 18.1. The van der Waals surface area contributed by atoms with Crippen molar-refractivity contribution in [3.8, 4) is 11.4 Å². The SMILES string of the molecule is Cc1ccc(C(=O)[C@H](C)n2c(=O)n3nc(-c4ccccc4)nc3c3ccccc32)cc1C. The molecule has 3 aromatic carbocycles. The zero-order chi connectivity index (χ0) is 22.4. The molecule has 6 nitrogen and oxygen atoms in total. The summed E-state index contributed by atoms with van der Waals surface area (Å²) in [5.41, 5.74) is 4.31. The van der Waals surface area contributed by atoms with Gasteiger partial charge in [0.1, 0.15) is 0 Å². The highest BCUT2D eigenvalue weighted by Gasteiger charge is 2.24. The van der Waals surface area contributed by atoms with Gasteiger partial charge in [-0.3, -0.25) is 9.36 Å². The molecule has 2 heterocycles. The molecule has 32 heavy (non-hydrogen) atoms. The van der Waals surface area contributed by atoms with Crippen molar-refractivity contribution < 1.29 is 4.79 Å². The van der Waals surface area contributed by atoms with Gasteiger partial charge >= 0.3 is 5.69 Å². The van der Waals surface area contributed by atoms with Gasteiger partial charge in [0.2, 0.25) is 0 Å². The second-order valence-electron chi connectivity index (χ2n) is 8.05. The van der Waals surface area contributed by atoms with Crippen LogP contribution < -0.4 is 5.69 Å². The molecule has 0 fully saturated rings. The molecule has 5 rings (SSSR count). The van der Waals surface area contributed by atoms with E-state index in [0.717, 1.165) is 22.1 Å². The van der Waals surface area contributed by atoms with Crippen molar-refractivity contribution >= 4 is 22.3 Å². The Hall–Kier alpha value is -4.06. The number of fused-ring (bicyclic) bond motifs is 3. The molecule has 0 amide bonds. The summed E-state index contributed by atoms with van der Waals surface area (Å²) in [5, 5.41) is 5.26. The van der Waals surface area contributed by atoms with Gasteiger partial charge < -0.3 is 0 Å². The van der Waals surface area contributed by atoms with E-state index in [1.54, 1.807) is 6.92 Å². The van der Waals surface area contributed by atoms with Crippen molar-refractivity contribution in [2.45, 2.75) is 26.8 Å². The van der Waals surface area contributed by atoms with E-state index < -0.39 is 11.7 Å². The Morgan fingerprint density at radius 1 is 0.906 bits per heavy atom. The van der Waals surface area contributed by atoms with Gasteiger partial charge in [-0.25, -0.2) is 9.78 Å². The molecule has 5 aromatic rings. The number of Topliss-reactive ketones (excluding diaryl/α,β-unsaturated/α-hetero) is 1. The number of ketones is 1. The maximum absolute atomic E-state index is 13.6. The van der Waals surface area contributed by atoms with Crippen LogP contribution >= 0.6 is 0 Å². The number of carbonyl (C=O) groups excluding carboxylic acids is 1. The molecule has 0 bridgehead atoms. The predicted octanol–water partition coefficient (Wildman–Crippen LogP) is 4.77. The quantitative estimate of drug-likeness (QED) is 0.391. The minimum absolute atomic E-state index is 0.122. The summed E-state index contributed by atoms with van der Waals surface area (Å²) in [6.45, 7) is 5.74. The van der Waals surface area contributed by atoms with Crippen LogP contribution in [0.1, 0.15) is 34.5 Å². The number of aryl methyl sites for hydroxylation is 2. The average molecular weight is 422 g/mol. The van der Waals surface area contributed by atoms with Crippen molar-refractivity contribution in [2.75, 3.05) is 0 Å². The Kier molecular flexibility index (Phi) is 4.70. The fraction of sp³-hybridized carbons (Fsp3) is 0.154. The number of benzene rings is 3. The van der Waals surface area contributed by atoms with Gasteiger partial charge in [0, 0.05) is 16.5 Å². The minimum atomic E-state index is -0.705. The van der Waals surface area contributed by atoms with E-state index in [1.165, 1.54) is 9.08 Å². The monoisotopic (exact) mass is 422 g/mol. The number of nitrogens with zero attached hydrogens (tertiary/aromatic N) is 4. The first-order chi connectivity index (χ1) is 15.5. The Morgan fingerprint density at radius 2 is 1.62 bits per heavy atom. The van der Waals surface area contributed by atoms with E-state index in [0.29, 0.717) is 22.6 Å². The van der Waals surface area contributed by atoms with Crippen molar-refractivity contribution in [3.63, 3.8) is 0 Å². The third-order valence-corrected chi connectivity index (χ3v) is 5.99. The van der Waals surface area contributed by atoms with Crippen LogP contribution in [0.15, 0.2) is 77.6 Å². The number of carbonyl (C=O) groups is 1. The first-order valence-electron chi connectivity index (χ1n) is 10.5. The fourth-order valence-electron chi connectivity index (χ4n) is 4.03. The van der Waals surface area contributed by atoms with E-state index >= 15 is 0 Å². The van der Waals surface area contributed by atoms with Crippen LogP contribution in [-0.2, 0) is 0 Å². The molecule has 0 aliphatic heterocycles. The van der Waals surface area contributed by atoms with Gasteiger partial charge in [0.25, 0.3) is 0 Å². The molecule has 1 atom stereocenters. The van der Waals surface area contributed by atoms with Gasteiger partial charge in [0.05, 0.1) is 11.6 Å². The Bertz CT molecular complexity index is 1550. The van der Waals surface area contributed by atoms with Crippen LogP contribution in [0.5, 0.6) is 0 Å². The summed E-state index contributed by atoms with van der Waals surface area (Å²) in [6, 6.07) is 22.0. The molecule has 6 heteroatoms. The number of rotatable bonds is 4. The predicted molar refractivity (Wildman–Crippen MR) is 125 cm³/mol. The van der Waals surface area contributed by atoms with Crippen molar-refractivity contribution in [3.05, 3.63) is 100.0 Å². The standard InChI is InChI=1S/C26H22N4O2/c1-16-13-14-20(15-17(16)2)23(31)18(3)29-22-12-8-7-11-21(22)25-27-24(28-30(25)26(29)32)19-9-5-4-6-10-19/h4-15,18H,1-3H3/t18-/m0/s1. The topological polar surface area (TPSA) is 69.3 Å². The summed E-state index contributed by atoms with van der Waals surface area (Å²) in [5.74, 6) is 0.349.